The Labute approximate surface area is 111 Å². The van der Waals surface area contributed by atoms with Crippen LogP contribution in [0.5, 0.6) is 0 Å². The van der Waals surface area contributed by atoms with Gasteiger partial charge in [-0.05, 0) is 30.4 Å². The van der Waals surface area contributed by atoms with Crippen LogP contribution in [-0.4, -0.2) is 23.5 Å². The van der Waals surface area contributed by atoms with Crippen LogP contribution in [0.25, 0.3) is 0 Å². The van der Waals surface area contributed by atoms with E-state index in [4.69, 9.17) is 0 Å². The number of carbonyl (C=O) groups is 2. The molecule has 2 aliphatic carbocycles. The normalized spacial score (nSPS) is 22.6. The minimum Gasteiger partial charge on any atom is -0.480 e. The van der Waals surface area contributed by atoms with Crippen LogP contribution in [0.3, 0.4) is 0 Å². The molecule has 100 valence electrons. The van der Waals surface area contributed by atoms with Crippen molar-refractivity contribution in [2.24, 2.45) is 5.41 Å². The predicted molar refractivity (Wildman–Crippen MR) is 69.8 cm³/mol. The summed E-state index contributed by atoms with van der Waals surface area (Å²) in [6.45, 7) is 0.547. The first-order chi connectivity index (χ1) is 9.13. The summed E-state index contributed by atoms with van der Waals surface area (Å²) in [5.41, 5.74) is 1.46. The van der Waals surface area contributed by atoms with Crippen molar-refractivity contribution in [3.05, 3.63) is 35.4 Å². The van der Waals surface area contributed by atoms with Crippen LogP contribution in [0.15, 0.2) is 24.3 Å². The van der Waals surface area contributed by atoms with Crippen LogP contribution < -0.4 is 5.32 Å². The smallest absolute Gasteiger partial charge is 0.319 e. The van der Waals surface area contributed by atoms with Crippen LogP contribution in [-0.2, 0) is 16.0 Å². The number of carboxylic acids is 1. The van der Waals surface area contributed by atoms with Gasteiger partial charge in [0, 0.05) is 12.5 Å². The van der Waals surface area contributed by atoms with Gasteiger partial charge in [-0.2, -0.15) is 0 Å². The summed E-state index contributed by atoms with van der Waals surface area (Å²) in [6, 6.07) is 8.18. The zero-order chi connectivity index (χ0) is 13.5. The minimum atomic E-state index is -1.15. The fourth-order valence-corrected chi connectivity index (χ4v) is 3.00. The van der Waals surface area contributed by atoms with Crippen LogP contribution in [0.1, 0.15) is 36.3 Å². The maximum Gasteiger partial charge on any atom is 0.319 e. The molecule has 2 aliphatic rings. The molecule has 0 bridgehead atoms. The molecule has 1 saturated carbocycles. The first-order valence-electron chi connectivity index (χ1n) is 6.73. The molecule has 19 heavy (non-hydrogen) atoms. The summed E-state index contributed by atoms with van der Waals surface area (Å²) in [5.74, 6) is -0.952. The molecule has 1 aromatic rings. The molecule has 0 heterocycles. The van der Waals surface area contributed by atoms with Gasteiger partial charge < -0.3 is 10.4 Å². The predicted octanol–water partition coefficient (Wildman–Crippen LogP) is 1.70. The lowest BCUT2D eigenvalue weighted by Gasteiger charge is -2.37. The lowest BCUT2D eigenvalue weighted by atomic mass is 9.68. The maximum atomic E-state index is 12.1. The Morgan fingerprint density at radius 2 is 2.05 bits per heavy atom. The molecule has 1 aromatic carbocycles. The second-order valence-corrected chi connectivity index (χ2v) is 5.55. The largest absolute Gasteiger partial charge is 0.480 e. The van der Waals surface area contributed by atoms with E-state index in [0.29, 0.717) is 25.3 Å². The summed E-state index contributed by atoms with van der Waals surface area (Å²) < 4.78 is 0. The van der Waals surface area contributed by atoms with E-state index in [1.807, 2.05) is 12.1 Å². The Morgan fingerprint density at radius 1 is 1.32 bits per heavy atom. The van der Waals surface area contributed by atoms with Crippen molar-refractivity contribution in [1.82, 2.24) is 5.32 Å². The Kier molecular flexibility index (Phi) is 2.81. The second-order valence-electron chi connectivity index (χ2n) is 5.55. The summed E-state index contributed by atoms with van der Waals surface area (Å²) in [6.07, 6.45) is 2.73. The van der Waals surface area contributed by atoms with E-state index in [1.54, 1.807) is 0 Å². The van der Waals surface area contributed by atoms with Crippen molar-refractivity contribution in [2.45, 2.75) is 31.6 Å². The number of nitrogens with one attached hydrogen (secondary N) is 1. The highest BCUT2D eigenvalue weighted by Gasteiger charge is 2.51. The van der Waals surface area contributed by atoms with Gasteiger partial charge in [-0.25, -0.2) is 0 Å². The first-order valence-corrected chi connectivity index (χ1v) is 6.73. The van der Waals surface area contributed by atoms with E-state index in [1.165, 1.54) is 11.1 Å². The molecule has 4 nitrogen and oxygen atoms in total. The number of amides is 1. The standard InChI is InChI=1S/C15H17NO3/c17-13(15(14(18)19)6-3-7-15)16-9-11-8-10-4-1-2-5-12(10)11/h1-2,4-5,11H,3,6-9H2,(H,16,17)(H,18,19). The Morgan fingerprint density at radius 3 is 2.63 bits per heavy atom. The van der Waals surface area contributed by atoms with Crippen molar-refractivity contribution in [3.63, 3.8) is 0 Å². The zero-order valence-corrected chi connectivity index (χ0v) is 10.7. The van der Waals surface area contributed by atoms with Gasteiger partial charge in [0.1, 0.15) is 5.41 Å². The quantitative estimate of drug-likeness (QED) is 0.809. The van der Waals surface area contributed by atoms with Gasteiger partial charge in [-0.1, -0.05) is 30.7 Å². The molecule has 1 unspecified atom stereocenters. The topological polar surface area (TPSA) is 66.4 Å². The molecule has 2 N–H and O–H groups in total. The SMILES string of the molecule is O=C(O)C1(C(=O)NCC2Cc3ccccc32)CCC1. The molecule has 0 spiro atoms. The van der Waals surface area contributed by atoms with Crippen molar-refractivity contribution >= 4 is 11.9 Å². The van der Waals surface area contributed by atoms with Crippen LogP contribution in [0, 0.1) is 5.41 Å². The molecule has 1 fully saturated rings. The number of hydrogen-bond donors (Lipinski definition) is 2. The summed E-state index contributed by atoms with van der Waals surface area (Å²) in [4.78, 5) is 23.3. The van der Waals surface area contributed by atoms with Crippen molar-refractivity contribution in [1.29, 1.82) is 0 Å². The average Bonchev–Trinajstić information content (AvgIpc) is 2.28. The average molecular weight is 259 g/mol. The Hall–Kier alpha value is -1.84. The molecule has 0 aliphatic heterocycles. The van der Waals surface area contributed by atoms with Crippen LogP contribution in [0.2, 0.25) is 0 Å². The summed E-state index contributed by atoms with van der Waals surface area (Å²) in [5, 5.41) is 12.0. The third-order valence-corrected chi connectivity index (χ3v) is 4.52. The van der Waals surface area contributed by atoms with E-state index in [-0.39, 0.29) is 5.91 Å². The molecule has 4 heteroatoms. The van der Waals surface area contributed by atoms with Gasteiger partial charge in [-0.3, -0.25) is 9.59 Å². The van der Waals surface area contributed by atoms with E-state index < -0.39 is 11.4 Å². The number of aliphatic carboxylic acids is 1. The highest BCUT2D eigenvalue weighted by Crippen LogP contribution is 2.42. The monoisotopic (exact) mass is 259 g/mol. The summed E-state index contributed by atoms with van der Waals surface area (Å²) >= 11 is 0. The van der Waals surface area contributed by atoms with Gasteiger partial charge in [0.05, 0.1) is 0 Å². The van der Waals surface area contributed by atoms with Gasteiger partial charge in [-0.15, -0.1) is 0 Å². The highest BCUT2D eigenvalue weighted by atomic mass is 16.4. The molecular formula is C15H17NO3. The number of fused-ring (bicyclic) bond motifs is 1. The van der Waals surface area contributed by atoms with Crippen LogP contribution >= 0.6 is 0 Å². The first kappa shape index (κ1) is 12.2. The minimum absolute atomic E-state index is 0.310. The van der Waals surface area contributed by atoms with Crippen molar-refractivity contribution in [2.75, 3.05) is 6.54 Å². The second kappa shape index (κ2) is 4.37. The lowest BCUT2D eigenvalue weighted by molar-refractivity contribution is -0.162. The number of carboxylic acid groups (broad SMARTS) is 1. The number of hydrogen-bond acceptors (Lipinski definition) is 2. The molecule has 0 saturated heterocycles. The van der Waals surface area contributed by atoms with Gasteiger partial charge >= 0.3 is 5.97 Å². The zero-order valence-electron chi connectivity index (χ0n) is 10.7. The van der Waals surface area contributed by atoms with Gasteiger partial charge in [0.15, 0.2) is 0 Å². The van der Waals surface area contributed by atoms with Gasteiger partial charge in [0.25, 0.3) is 0 Å². The molecule has 0 aromatic heterocycles. The summed E-state index contributed by atoms with van der Waals surface area (Å²) in [7, 11) is 0. The maximum absolute atomic E-state index is 12.1. The van der Waals surface area contributed by atoms with Crippen molar-refractivity contribution in [3.8, 4) is 0 Å². The fourth-order valence-electron chi connectivity index (χ4n) is 3.00. The van der Waals surface area contributed by atoms with E-state index in [0.717, 1.165) is 12.8 Å². The lowest BCUT2D eigenvalue weighted by Crippen LogP contribution is -2.52. The molecule has 1 amide bonds. The van der Waals surface area contributed by atoms with Crippen molar-refractivity contribution < 1.29 is 14.7 Å². The molecule has 0 radical (unpaired) electrons. The number of rotatable bonds is 4. The third kappa shape index (κ3) is 1.82. The molecule has 1 atom stereocenters. The van der Waals surface area contributed by atoms with E-state index in [2.05, 4.69) is 17.4 Å². The fraction of sp³-hybridized carbons (Fsp3) is 0.467. The molecular weight excluding hydrogens is 242 g/mol. The van der Waals surface area contributed by atoms with E-state index >= 15 is 0 Å². The number of carbonyl (C=O) groups excluding carboxylic acids is 1. The third-order valence-electron chi connectivity index (χ3n) is 4.52. The Balaban J connectivity index is 1.59. The highest BCUT2D eigenvalue weighted by molar-refractivity contribution is 6.02. The van der Waals surface area contributed by atoms with Crippen LogP contribution in [0.4, 0.5) is 0 Å². The Bertz CT molecular complexity index is 534. The van der Waals surface area contributed by atoms with Gasteiger partial charge in [0.2, 0.25) is 5.91 Å². The van der Waals surface area contributed by atoms with E-state index in [9.17, 15) is 14.7 Å². The number of benzene rings is 1. The molecule has 3 rings (SSSR count).